The fourth-order valence-electron chi connectivity index (χ4n) is 2.00. The molecule has 0 fully saturated rings. The van der Waals surface area contributed by atoms with Crippen molar-refractivity contribution >= 4 is 18.0 Å². The van der Waals surface area contributed by atoms with Gasteiger partial charge in [-0.3, -0.25) is 14.8 Å². The molecule has 0 bridgehead atoms. The number of nitrogens with one attached hydrogen (secondary N) is 1. The Labute approximate surface area is 139 Å². The minimum Gasteiger partial charge on any atom is -0.401 e. The van der Waals surface area contributed by atoms with E-state index in [1.54, 1.807) is 16.8 Å². The number of aromatic nitrogens is 4. The molecular weight excluding hydrogens is 306 g/mol. The van der Waals surface area contributed by atoms with Crippen molar-refractivity contribution in [3.05, 3.63) is 54.2 Å². The van der Waals surface area contributed by atoms with E-state index < -0.39 is 0 Å². The first-order chi connectivity index (χ1) is 11.6. The Hall–Kier alpha value is -3.22. The lowest BCUT2D eigenvalue weighted by Crippen LogP contribution is -2.07. The smallest absolute Gasteiger partial charge is 0.322 e. The maximum Gasteiger partial charge on any atom is 0.322 e. The molecule has 0 aliphatic carbocycles. The molecule has 1 aromatic carbocycles. The SMILES string of the molecule is CC(C)n1ccc(-c2nnc(NC(=O)C=Cc3ccccc3)o2)n1. The van der Waals surface area contributed by atoms with E-state index in [4.69, 9.17) is 4.42 Å². The average Bonchev–Trinajstić information content (AvgIpc) is 3.23. The lowest BCUT2D eigenvalue weighted by molar-refractivity contribution is -0.112. The van der Waals surface area contributed by atoms with E-state index in [2.05, 4.69) is 20.6 Å². The second kappa shape index (κ2) is 6.91. The maximum absolute atomic E-state index is 11.9. The number of hydrogen-bond donors (Lipinski definition) is 1. The Morgan fingerprint density at radius 1 is 1.21 bits per heavy atom. The van der Waals surface area contributed by atoms with Crippen LogP contribution in [-0.4, -0.2) is 25.9 Å². The van der Waals surface area contributed by atoms with Gasteiger partial charge in [-0.15, -0.1) is 5.10 Å². The fourth-order valence-corrected chi connectivity index (χ4v) is 2.00. The Bertz CT molecular complexity index is 849. The van der Waals surface area contributed by atoms with Crippen molar-refractivity contribution in [1.82, 2.24) is 20.0 Å². The van der Waals surface area contributed by atoms with Crippen LogP contribution in [0.4, 0.5) is 6.01 Å². The highest BCUT2D eigenvalue weighted by molar-refractivity contribution is 6.00. The largest absolute Gasteiger partial charge is 0.401 e. The van der Waals surface area contributed by atoms with Crippen LogP contribution in [0, 0.1) is 0 Å². The molecular formula is C17H17N5O2. The minimum atomic E-state index is -0.346. The molecule has 3 aromatic rings. The summed E-state index contributed by atoms with van der Waals surface area (Å²) in [5.74, 6) is -0.0847. The van der Waals surface area contributed by atoms with Crippen molar-refractivity contribution in [3.63, 3.8) is 0 Å². The van der Waals surface area contributed by atoms with Crippen molar-refractivity contribution in [3.8, 4) is 11.6 Å². The van der Waals surface area contributed by atoms with Crippen molar-refractivity contribution in [2.45, 2.75) is 19.9 Å². The zero-order chi connectivity index (χ0) is 16.9. The van der Waals surface area contributed by atoms with Crippen LogP contribution in [0.2, 0.25) is 0 Å². The lowest BCUT2D eigenvalue weighted by atomic mass is 10.2. The van der Waals surface area contributed by atoms with Gasteiger partial charge in [-0.1, -0.05) is 35.4 Å². The van der Waals surface area contributed by atoms with E-state index in [1.807, 2.05) is 50.4 Å². The van der Waals surface area contributed by atoms with Gasteiger partial charge in [0.25, 0.3) is 11.8 Å². The molecule has 0 aliphatic rings. The zero-order valence-electron chi connectivity index (χ0n) is 13.4. The molecule has 1 amide bonds. The van der Waals surface area contributed by atoms with E-state index in [1.165, 1.54) is 6.08 Å². The summed E-state index contributed by atoms with van der Waals surface area (Å²) < 4.78 is 7.21. The molecule has 1 N–H and O–H groups in total. The van der Waals surface area contributed by atoms with Gasteiger partial charge in [0.1, 0.15) is 5.69 Å². The molecule has 24 heavy (non-hydrogen) atoms. The van der Waals surface area contributed by atoms with Gasteiger partial charge < -0.3 is 4.42 Å². The van der Waals surface area contributed by atoms with E-state index in [0.717, 1.165) is 5.56 Å². The zero-order valence-corrected chi connectivity index (χ0v) is 13.4. The molecule has 7 heteroatoms. The van der Waals surface area contributed by atoms with Crippen molar-refractivity contribution in [2.24, 2.45) is 0 Å². The van der Waals surface area contributed by atoms with Crippen LogP contribution in [0.5, 0.6) is 0 Å². The predicted molar refractivity (Wildman–Crippen MR) is 90.0 cm³/mol. The second-order valence-corrected chi connectivity index (χ2v) is 5.42. The first-order valence-electron chi connectivity index (χ1n) is 7.55. The van der Waals surface area contributed by atoms with Crippen molar-refractivity contribution in [2.75, 3.05) is 5.32 Å². The maximum atomic E-state index is 11.9. The fraction of sp³-hybridized carbons (Fsp3) is 0.176. The topological polar surface area (TPSA) is 85.8 Å². The molecule has 0 saturated heterocycles. The number of benzene rings is 1. The number of nitrogens with zero attached hydrogens (tertiary/aromatic N) is 4. The standard InChI is InChI=1S/C17H17N5O2/c1-12(2)22-11-10-14(21-22)16-19-20-17(24-16)18-15(23)9-8-13-6-4-3-5-7-13/h3-12H,1-2H3,(H,18,20,23). The molecule has 2 aromatic heterocycles. The van der Waals surface area contributed by atoms with Gasteiger partial charge >= 0.3 is 6.01 Å². The van der Waals surface area contributed by atoms with E-state index in [0.29, 0.717) is 5.69 Å². The summed E-state index contributed by atoms with van der Waals surface area (Å²) in [6, 6.07) is 11.6. The summed E-state index contributed by atoms with van der Waals surface area (Å²) in [6.45, 7) is 4.05. The normalized spacial score (nSPS) is 11.3. The Kier molecular flexibility index (Phi) is 4.51. The van der Waals surface area contributed by atoms with Crippen LogP contribution in [0.25, 0.3) is 17.7 Å². The summed E-state index contributed by atoms with van der Waals surface area (Å²) in [6.07, 6.45) is 4.95. The van der Waals surface area contributed by atoms with Gasteiger partial charge in [0.15, 0.2) is 0 Å². The van der Waals surface area contributed by atoms with Gasteiger partial charge in [0, 0.05) is 18.3 Å². The molecule has 0 atom stereocenters. The number of rotatable bonds is 5. The van der Waals surface area contributed by atoms with Crippen molar-refractivity contribution in [1.29, 1.82) is 0 Å². The highest BCUT2D eigenvalue weighted by Gasteiger charge is 2.13. The van der Waals surface area contributed by atoms with Crippen LogP contribution in [0.15, 0.2) is 53.1 Å². The van der Waals surface area contributed by atoms with Crippen LogP contribution in [0.3, 0.4) is 0 Å². The van der Waals surface area contributed by atoms with Crippen LogP contribution in [0.1, 0.15) is 25.5 Å². The first-order valence-corrected chi connectivity index (χ1v) is 7.55. The highest BCUT2D eigenvalue weighted by Crippen LogP contribution is 2.18. The van der Waals surface area contributed by atoms with Gasteiger partial charge in [-0.25, -0.2) is 0 Å². The Morgan fingerprint density at radius 2 is 2.00 bits per heavy atom. The molecule has 0 unspecified atom stereocenters. The number of carbonyl (C=O) groups excluding carboxylic acids is 1. The average molecular weight is 323 g/mol. The summed E-state index contributed by atoms with van der Waals surface area (Å²) in [5, 5.41) is 14.6. The molecule has 7 nitrogen and oxygen atoms in total. The lowest BCUT2D eigenvalue weighted by Gasteiger charge is -2.02. The first kappa shape index (κ1) is 15.7. The van der Waals surface area contributed by atoms with E-state index in [-0.39, 0.29) is 23.9 Å². The quantitative estimate of drug-likeness (QED) is 0.729. The molecule has 0 spiro atoms. The molecule has 0 saturated carbocycles. The predicted octanol–water partition coefficient (Wildman–Crippen LogP) is 3.17. The summed E-state index contributed by atoms with van der Waals surface area (Å²) in [5.41, 5.74) is 1.50. The van der Waals surface area contributed by atoms with Crippen LogP contribution < -0.4 is 5.32 Å². The third-order valence-corrected chi connectivity index (χ3v) is 3.24. The number of anilines is 1. The van der Waals surface area contributed by atoms with Crippen LogP contribution >= 0.6 is 0 Å². The summed E-state index contributed by atoms with van der Waals surface area (Å²) in [7, 11) is 0. The van der Waals surface area contributed by atoms with E-state index >= 15 is 0 Å². The number of amides is 1. The second-order valence-electron chi connectivity index (χ2n) is 5.42. The molecule has 0 radical (unpaired) electrons. The molecule has 0 aliphatic heterocycles. The Morgan fingerprint density at radius 3 is 2.71 bits per heavy atom. The third kappa shape index (κ3) is 3.75. The molecule has 3 rings (SSSR count). The van der Waals surface area contributed by atoms with Gasteiger partial charge in [0.05, 0.1) is 0 Å². The van der Waals surface area contributed by atoms with Gasteiger partial charge in [-0.2, -0.15) is 5.10 Å². The third-order valence-electron chi connectivity index (χ3n) is 3.24. The van der Waals surface area contributed by atoms with Crippen molar-refractivity contribution < 1.29 is 9.21 Å². The van der Waals surface area contributed by atoms with E-state index in [9.17, 15) is 4.79 Å². The number of hydrogen-bond acceptors (Lipinski definition) is 5. The monoisotopic (exact) mass is 323 g/mol. The highest BCUT2D eigenvalue weighted by atomic mass is 16.4. The number of carbonyl (C=O) groups is 1. The minimum absolute atomic E-state index is 0.0341. The molecule has 122 valence electrons. The van der Waals surface area contributed by atoms with Gasteiger partial charge in [0.2, 0.25) is 0 Å². The molecule has 2 heterocycles. The Balaban J connectivity index is 1.65. The summed E-state index contributed by atoms with van der Waals surface area (Å²) in [4.78, 5) is 11.9. The van der Waals surface area contributed by atoms with Crippen LogP contribution in [-0.2, 0) is 4.79 Å². The van der Waals surface area contributed by atoms with Gasteiger partial charge in [-0.05, 0) is 31.6 Å². The summed E-state index contributed by atoms with van der Waals surface area (Å²) >= 11 is 0.